The van der Waals surface area contributed by atoms with Crippen molar-refractivity contribution in [2.24, 2.45) is 0 Å². The Labute approximate surface area is 295 Å². The first-order valence-electron chi connectivity index (χ1n) is 17.6. The molecule has 0 saturated carbocycles. The van der Waals surface area contributed by atoms with Crippen molar-refractivity contribution in [3.8, 4) is 33.5 Å². The fourth-order valence-corrected chi connectivity index (χ4v) is 8.56. The zero-order valence-corrected chi connectivity index (χ0v) is 27.7. The average Bonchev–Trinajstić information content (AvgIpc) is 3.20. The summed E-state index contributed by atoms with van der Waals surface area (Å²) in [5, 5.41) is 11.0. The zero-order valence-electron chi connectivity index (χ0n) is 27.7. The van der Waals surface area contributed by atoms with E-state index < -0.39 is 0 Å². The van der Waals surface area contributed by atoms with Crippen molar-refractivity contribution in [3.63, 3.8) is 0 Å². The Bertz CT molecular complexity index is 2970. The predicted octanol–water partition coefficient (Wildman–Crippen LogP) is 13.6. The quantitative estimate of drug-likeness (QED) is 0.140. The molecule has 0 aliphatic carbocycles. The van der Waals surface area contributed by atoms with Crippen LogP contribution in [-0.2, 0) is 0 Å². The summed E-state index contributed by atoms with van der Waals surface area (Å²) in [5.74, 6) is 0. The van der Waals surface area contributed by atoms with Gasteiger partial charge in [-0.1, -0.05) is 164 Å². The van der Waals surface area contributed by atoms with Gasteiger partial charge in [-0.2, -0.15) is 0 Å². The summed E-state index contributed by atoms with van der Waals surface area (Å²) >= 11 is 0. The van der Waals surface area contributed by atoms with Crippen LogP contribution >= 0.6 is 0 Å². The highest BCUT2D eigenvalue weighted by Gasteiger charge is 2.30. The molecule has 0 saturated heterocycles. The molecule has 0 N–H and O–H groups in total. The minimum Gasteiger partial charge on any atom is -0.308 e. The maximum absolute atomic E-state index is 5.30. The van der Waals surface area contributed by atoms with Gasteiger partial charge in [0.05, 0.1) is 28.3 Å². The Morgan fingerprint density at radius 2 is 0.882 bits per heavy atom. The number of benzene rings is 9. The third kappa shape index (κ3) is 4.08. The smallest absolute Gasteiger partial charge is 0.0830 e. The second-order valence-corrected chi connectivity index (χ2v) is 13.4. The second-order valence-electron chi connectivity index (χ2n) is 13.4. The molecule has 0 radical (unpaired) electrons. The molecule has 2 heterocycles. The molecule has 0 amide bonds. The van der Waals surface area contributed by atoms with Gasteiger partial charge in [-0.3, -0.25) is 0 Å². The molecule has 1 aliphatic rings. The second kappa shape index (κ2) is 10.9. The normalized spacial score (nSPS) is 12.3. The molecule has 11 rings (SSSR count). The van der Waals surface area contributed by atoms with Crippen LogP contribution in [0.25, 0.3) is 87.5 Å². The third-order valence-electron chi connectivity index (χ3n) is 10.7. The Hall–Kier alpha value is -6.77. The fraction of sp³-hybridized carbons (Fsp3) is 0. The lowest BCUT2D eigenvalue weighted by molar-refractivity contribution is 1.28. The average molecular weight is 647 g/mol. The van der Waals surface area contributed by atoms with E-state index in [0.717, 1.165) is 28.1 Å². The van der Waals surface area contributed by atoms with Gasteiger partial charge in [-0.25, -0.2) is 4.98 Å². The fourth-order valence-electron chi connectivity index (χ4n) is 8.56. The standard InChI is InChI=1S/C49H30N2/c1-2-15-34-31(13-1)14-11-22-35(34)32-27-29-33(30-28-32)46-38-17-3-5-19-40(38)49(41-20-6-4-18-39(41)46)51-44-25-10-8-21-42(44)48-47-37(23-12-26-45(47)51)36-16-7-9-24-43(36)50-48/h1-30H. The van der Waals surface area contributed by atoms with E-state index in [4.69, 9.17) is 4.98 Å². The van der Waals surface area contributed by atoms with Crippen LogP contribution < -0.4 is 4.90 Å². The van der Waals surface area contributed by atoms with Gasteiger partial charge in [0.2, 0.25) is 0 Å². The number of pyridine rings is 1. The van der Waals surface area contributed by atoms with Crippen molar-refractivity contribution in [1.29, 1.82) is 0 Å². The number of rotatable bonds is 3. The van der Waals surface area contributed by atoms with Crippen molar-refractivity contribution < 1.29 is 0 Å². The van der Waals surface area contributed by atoms with Crippen LogP contribution in [0, 0.1) is 0 Å². The highest BCUT2D eigenvalue weighted by atomic mass is 15.2. The largest absolute Gasteiger partial charge is 0.308 e. The van der Waals surface area contributed by atoms with E-state index >= 15 is 0 Å². The molecule has 0 atom stereocenters. The SMILES string of the molecule is c1ccc2c(c1)-c1nc3ccccc3c3cccc(c13)N2c1c2ccccc2c(-c2ccc(-c3cccc4ccccc34)cc2)c2ccccc12. The third-order valence-corrected chi connectivity index (χ3v) is 10.7. The highest BCUT2D eigenvalue weighted by Crippen LogP contribution is 2.55. The molecule has 236 valence electrons. The van der Waals surface area contributed by atoms with Gasteiger partial charge in [0.1, 0.15) is 0 Å². The van der Waals surface area contributed by atoms with Gasteiger partial charge in [0, 0.05) is 27.1 Å². The van der Waals surface area contributed by atoms with Gasteiger partial charge < -0.3 is 4.90 Å². The lowest BCUT2D eigenvalue weighted by atomic mass is 9.87. The summed E-state index contributed by atoms with van der Waals surface area (Å²) in [6.07, 6.45) is 0. The monoisotopic (exact) mass is 646 g/mol. The summed E-state index contributed by atoms with van der Waals surface area (Å²) in [6.45, 7) is 0. The van der Waals surface area contributed by atoms with Crippen LogP contribution in [0.15, 0.2) is 182 Å². The van der Waals surface area contributed by atoms with Crippen molar-refractivity contribution in [3.05, 3.63) is 182 Å². The molecule has 1 aromatic heterocycles. The number of anilines is 3. The Morgan fingerprint density at radius 3 is 1.67 bits per heavy atom. The Balaban J connectivity index is 1.19. The molecular formula is C49H30N2. The highest BCUT2D eigenvalue weighted by molar-refractivity contribution is 6.26. The number of aromatic nitrogens is 1. The first-order chi connectivity index (χ1) is 25.3. The van der Waals surface area contributed by atoms with Crippen LogP contribution in [0.3, 0.4) is 0 Å². The van der Waals surface area contributed by atoms with Crippen LogP contribution in [0.2, 0.25) is 0 Å². The summed E-state index contributed by atoms with van der Waals surface area (Å²) in [7, 11) is 0. The molecule has 10 aromatic rings. The molecule has 2 heteroatoms. The summed E-state index contributed by atoms with van der Waals surface area (Å²) in [5.41, 5.74) is 11.6. The van der Waals surface area contributed by atoms with E-state index in [1.807, 2.05) is 0 Å². The summed E-state index contributed by atoms with van der Waals surface area (Å²) in [4.78, 5) is 7.80. The van der Waals surface area contributed by atoms with E-state index in [9.17, 15) is 0 Å². The van der Waals surface area contributed by atoms with Gasteiger partial charge in [0.25, 0.3) is 0 Å². The maximum atomic E-state index is 5.30. The van der Waals surface area contributed by atoms with Gasteiger partial charge >= 0.3 is 0 Å². The molecule has 1 aliphatic heterocycles. The molecule has 2 nitrogen and oxygen atoms in total. The minimum atomic E-state index is 1.02. The van der Waals surface area contributed by atoms with E-state index in [1.54, 1.807) is 0 Å². The van der Waals surface area contributed by atoms with Crippen LogP contribution in [0.4, 0.5) is 17.1 Å². The topological polar surface area (TPSA) is 16.1 Å². The lowest BCUT2D eigenvalue weighted by Crippen LogP contribution is -2.16. The summed E-state index contributed by atoms with van der Waals surface area (Å²) in [6, 6.07) is 66.2. The molecule has 0 bridgehead atoms. The number of para-hydroxylation sites is 2. The van der Waals surface area contributed by atoms with Crippen molar-refractivity contribution >= 4 is 71.1 Å². The number of fused-ring (bicyclic) bond motifs is 7. The van der Waals surface area contributed by atoms with E-state index in [0.29, 0.717) is 0 Å². The van der Waals surface area contributed by atoms with Crippen LogP contribution in [-0.4, -0.2) is 4.98 Å². The van der Waals surface area contributed by atoms with Crippen LogP contribution in [0.5, 0.6) is 0 Å². The molecule has 0 unspecified atom stereocenters. The zero-order chi connectivity index (χ0) is 33.5. The van der Waals surface area contributed by atoms with E-state index in [1.165, 1.54) is 76.4 Å². The predicted molar refractivity (Wildman–Crippen MR) is 216 cm³/mol. The summed E-state index contributed by atoms with van der Waals surface area (Å²) < 4.78 is 0. The molecule has 9 aromatic carbocycles. The minimum absolute atomic E-state index is 1.02. The van der Waals surface area contributed by atoms with Crippen molar-refractivity contribution in [1.82, 2.24) is 4.98 Å². The molecular weight excluding hydrogens is 617 g/mol. The molecule has 51 heavy (non-hydrogen) atoms. The van der Waals surface area contributed by atoms with Gasteiger partial charge in [-0.15, -0.1) is 0 Å². The van der Waals surface area contributed by atoms with Gasteiger partial charge in [0.15, 0.2) is 0 Å². The lowest BCUT2D eigenvalue weighted by Gasteiger charge is -2.35. The first-order valence-corrected chi connectivity index (χ1v) is 17.6. The van der Waals surface area contributed by atoms with E-state index in [-0.39, 0.29) is 0 Å². The Kier molecular flexibility index (Phi) is 5.99. The number of hydrogen-bond acceptors (Lipinski definition) is 2. The van der Waals surface area contributed by atoms with Gasteiger partial charge in [-0.05, 0) is 67.4 Å². The van der Waals surface area contributed by atoms with E-state index in [2.05, 4.69) is 187 Å². The first kappa shape index (κ1) is 28.1. The van der Waals surface area contributed by atoms with Crippen molar-refractivity contribution in [2.45, 2.75) is 0 Å². The van der Waals surface area contributed by atoms with Crippen LogP contribution in [0.1, 0.15) is 0 Å². The molecule has 0 fully saturated rings. The Morgan fingerprint density at radius 1 is 0.353 bits per heavy atom. The maximum Gasteiger partial charge on any atom is 0.0830 e. The molecule has 0 spiro atoms. The van der Waals surface area contributed by atoms with Crippen molar-refractivity contribution in [2.75, 3.05) is 4.90 Å². The number of nitrogens with zero attached hydrogens (tertiary/aromatic N) is 2. The number of hydrogen-bond donors (Lipinski definition) is 0.